The van der Waals surface area contributed by atoms with Crippen molar-refractivity contribution < 1.29 is 9.90 Å². The number of anilines is 1. The van der Waals surface area contributed by atoms with Crippen molar-refractivity contribution in [1.82, 2.24) is 9.97 Å². The van der Waals surface area contributed by atoms with Crippen LogP contribution in [-0.2, 0) is 6.54 Å². The first-order valence-electron chi connectivity index (χ1n) is 4.68. The summed E-state index contributed by atoms with van der Waals surface area (Å²) in [4.78, 5) is 18.6. The van der Waals surface area contributed by atoms with E-state index in [4.69, 9.17) is 5.11 Å². The molecule has 88 valence electrons. The number of halogens is 1. The Kier molecular flexibility index (Phi) is 3.70. The second-order valence-electron chi connectivity index (χ2n) is 3.19. The molecule has 7 heteroatoms. The molecular formula is C10H8BrN3O2S. The van der Waals surface area contributed by atoms with Gasteiger partial charge in [0.05, 0.1) is 0 Å². The minimum absolute atomic E-state index is 0.0470. The Hall–Kier alpha value is -1.47. The van der Waals surface area contributed by atoms with Gasteiger partial charge >= 0.3 is 5.97 Å². The van der Waals surface area contributed by atoms with Gasteiger partial charge < -0.3 is 10.4 Å². The average molecular weight is 314 g/mol. The molecule has 2 aromatic heterocycles. The molecule has 0 amide bonds. The Morgan fingerprint density at radius 2 is 2.35 bits per heavy atom. The third-order valence-corrected chi connectivity index (χ3v) is 3.47. The van der Waals surface area contributed by atoms with Crippen LogP contribution in [-0.4, -0.2) is 21.0 Å². The summed E-state index contributed by atoms with van der Waals surface area (Å²) in [5.74, 6) is -1.02. The van der Waals surface area contributed by atoms with E-state index in [2.05, 4.69) is 31.2 Å². The van der Waals surface area contributed by atoms with Gasteiger partial charge in [-0.3, -0.25) is 0 Å². The van der Waals surface area contributed by atoms with Crippen molar-refractivity contribution in [3.8, 4) is 0 Å². The van der Waals surface area contributed by atoms with Crippen molar-refractivity contribution in [2.75, 3.05) is 5.32 Å². The van der Waals surface area contributed by atoms with Gasteiger partial charge in [-0.2, -0.15) is 0 Å². The number of aromatic nitrogens is 2. The van der Waals surface area contributed by atoms with E-state index in [1.165, 1.54) is 17.4 Å². The highest BCUT2D eigenvalue weighted by molar-refractivity contribution is 9.10. The number of carboxylic acid groups (broad SMARTS) is 1. The molecule has 0 spiro atoms. The van der Waals surface area contributed by atoms with Gasteiger partial charge in [-0.05, 0) is 27.6 Å². The quantitative estimate of drug-likeness (QED) is 0.907. The normalized spacial score (nSPS) is 10.2. The van der Waals surface area contributed by atoms with E-state index in [-0.39, 0.29) is 5.69 Å². The Morgan fingerprint density at radius 1 is 1.53 bits per heavy atom. The number of pyridine rings is 1. The van der Waals surface area contributed by atoms with Crippen molar-refractivity contribution >= 4 is 38.4 Å². The van der Waals surface area contributed by atoms with E-state index in [0.29, 0.717) is 6.54 Å². The van der Waals surface area contributed by atoms with E-state index in [9.17, 15) is 4.79 Å². The van der Waals surface area contributed by atoms with Gasteiger partial charge in [0.1, 0.15) is 10.3 Å². The highest BCUT2D eigenvalue weighted by Gasteiger charge is 2.04. The minimum atomic E-state index is -1.02. The second kappa shape index (κ2) is 5.24. The second-order valence-corrected chi connectivity index (χ2v) is 4.86. The van der Waals surface area contributed by atoms with Crippen molar-refractivity contribution in [2.45, 2.75) is 6.54 Å². The van der Waals surface area contributed by atoms with Crippen LogP contribution < -0.4 is 5.32 Å². The Balaban J connectivity index is 1.97. The number of hydrogen-bond acceptors (Lipinski definition) is 5. The summed E-state index contributed by atoms with van der Waals surface area (Å²) in [5, 5.41) is 14.5. The number of carbonyl (C=O) groups is 1. The lowest BCUT2D eigenvalue weighted by Crippen LogP contribution is -2.03. The molecule has 0 radical (unpaired) electrons. The van der Waals surface area contributed by atoms with Gasteiger partial charge in [0, 0.05) is 18.1 Å². The lowest BCUT2D eigenvalue weighted by molar-refractivity contribution is 0.0690. The van der Waals surface area contributed by atoms with E-state index in [1.54, 1.807) is 12.3 Å². The maximum absolute atomic E-state index is 10.6. The zero-order valence-electron chi connectivity index (χ0n) is 8.55. The number of thiazole rings is 1. The highest BCUT2D eigenvalue weighted by Crippen LogP contribution is 2.19. The molecule has 17 heavy (non-hydrogen) atoms. The molecule has 2 heterocycles. The highest BCUT2D eigenvalue weighted by atomic mass is 79.9. The van der Waals surface area contributed by atoms with Crippen LogP contribution in [0.15, 0.2) is 28.3 Å². The van der Waals surface area contributed by atoms with Crippen molar-refractivity contribution in [3.05, 3.63) is 39.6 Å². The minimum Gasteiger partial charge on any atom is -0.477 e. The summed E-state index contributed by atoms with van der Waals surface area (Å²) in [7, 11) is 0. The molecule has 0 aliphatic carbocycles. The van der Waals surface area contributed by atoms with E-state index < -0.39 is 5.97 Å². The summed E-state index contributed by atoms with van der Waals surface area (Å²) in [6.07, 6.45) is 1.54. The third kappa shape index (κ3) is 3.24. The van der Waals surface area contributed by atoms with Gasteiger partial charge in [-0.25, -0.2) is 14.8 Å². The SMILES string of the molecule is O=C(O)c1ccc(CNc2nc(Br)cs2)cn1. The molecule has 0 aromatic carbocycles. The van der Waals surface area contributed by atoms with Gasteiger partial charge in [0.25, 0.3) is 0 Å². The zero-order valence-corrected chi connectivity index (χ0v) is 11.0. The molecule has 2 rings (SSSR count). The summed E-state index contributed by atoms with van der Waals surface area (Å²) in [5.41, 5.74) is 0.951. The van der Waals surface area contributed by atoms with Crippen LogP contribution in [0.4, 0.5) is 5.13 Å². The van der Waals surface area contributed by atoms with Crippen molar-refractivity contribution in [3.63, 3.8) is 0 Å². The van der Waals surface area contributed by atoms with E-state index >= 15 is 0 Å². The van der Waals surface area contributed by atoms with Gasteiger partial charge in [-0.1, -0.05) is 6.07 Å². The molecule has 0 unspecified atom stereocenters. The predicted octanol–water partition coefficient (Wildman–Crippen LogP) is 2.61. The van der Waals surface area contributed by atoms with Crippen LogP contribution in [0.2, 0.25) is 0 Å². The predicted molar refractivity (Wildman–Crippen MR) is 68.3 cm³/mol. The average Bonchev–Trinajstić information content (AvgIpc) is 2.73. The Bertz CT molecular complexity index is 527. The van der Waals surface area contributed by atoms with Crippen LogP contribution in [0.1, 0.15) is 16.1 Å². The van der Waals surface area contributed by atoms with Crippen LogP contribution in [0.3, 0.4) is 0 Å². The molecule has 2 N–H and O–H groups in total. The zero-order chi connectivity index (χ0) is 12.3. The summed E-state index contributed by atoms with van der Waals surface area (Å²) in [6.45, 7) is 0.562. The Labute approximate surface area is 110 Å². The van der Waals surface area contributed by atoms with Crippen molar-refractivity contribution in [2.24, 2.45) is 0 Å². The molecule has 0 atom stereocenters. The monoisotopic (exact) mass is 313 g/mol. The van der Waals surface area contributed by atoms with Gasteiger partial charge in [0.15, 0.2) is 5.13 Å². The van der Waals surface area contributed by atoms with Crippen molar-refractivity contribution in [1.29, 1.82) is 0 Å². The first kappa shape index (κ1) is 12.0. The van der Waals surface area contributed by atoms with Gasteiger partial charge in [-0.15, -0.1) is 11.3 Å². The Morgan fingerprint density at radius 3 is 2.88 bits per heavy atom. The molecule has 0 fully saturated rings. The molecule has 0 aliphatic rings. The number of carboxylic acids is 1. The number of aromatic carboxylic acids is 1. The number of nitrogens with zero attached hydrogens (tertiary/aromatic N) is 2. The lowest BCUT2D eigenvalue weighted by Gasteiger charge is -2.02. The van der Waals surface area contributed by atoms with E-state index in [0.717, 1.165) is 15.3 Å². The first-order chi connectivity index (χ1) is 8.15. The fourth-order valence-corrected chi connectivity index (χ4v) is 2.31. The van der Waals surface area contributed by atoms with Crippen LogP contribution in [0.25, 0.3) is 0 Å². The molecular weight excluding hydrogens is 306 g/mol. The molecule has 0 aliphatic heterocycles. The fourth-order valence-electron chi connectivity index (χ4n) is 1.17. The number of hydrogen-bond donors (Lipinski definition) is 2. The molecule has 0 saturated heterocycles. The summed E-state index contributed by atoms with van der Waals surface area (Å²) >= 11 is 4.76. The smallest absolute Gasteiger partial charge is 0.354 e. The first-order valence-corrected chi connectivity index (χ1v) is 6.35. The lowest BCUT2D eigenvalue weighted by atomic mass is 10.2. The fraction of sp³-hybridized carbons (Fsp3) is 0.100. The molecule has 5 nitrogen and oxygen atoms in total. The van der Waals surface area contributed by atoms with Crippen LogP contribution in [0.5, 0.6) is 0 Å². The van der Waals surface area contributed by atoms with Gasteiger partial charge in [0.2, 0.25) is 0 Å². The number of nitrogens with one attached hydrogen (secondary N) is 1. The topological polar surface area (TPSA) is 75.1 Å². The number of rotatable bonds is 4. The molecule has 2 aromatic rings. The van der Waals surface area contributed by atoms with E-state index in [1.807, 2.05) is 5.38 Å². The third-order valence-electron chi connectivity index (χ3n) is 1.96. The molecule has 0 saturated carbocycles. The summed E-state index contributed by atoms with van der Waals surface area (Å²) in [6, 6.07) is 3.21. The molecule has 0 bridgehead atoms. The maximum Gasteiger partial charge on any atom is 0.354 e. The summed E-state index contributed by atoms with van der Waals surface area (Å²) < 4.78 is 0.796. The standard InChI is InChI=1S/C10H8BrN3O2S/c11-8-5-17-10(14-8)13-4-6-1-2-7(9(15)16)12-3-6/h1-3,5H,4H2,(H,13,14)(H,15,16). The van der Waals surface area contributed by atoms with Crippen LogP contribution >= 0.6 is 27.3 Å². The maximum atomic E-state index is 10.6. The largest absolute Gasteiger partial charge is 0.477 e. The van der Waals surface area contributed by atoms with Crippen LogP contribution in [0, 0.1) is 0 Å².